The molecular formula is C14H12ClFN2O. The lowest BCUT2D eigenvalue weighted by Crippen LogP contribution is -2.27. The third kappa shape index (κ3) is 3.29. The van der Waals surface area contributed by atoms with Gasteiger partial charge in [0.05, 0.1) is 16.8 Å². The Hall–Kier alpha value is -1.94. The maximum Gasteiger partial charge on any atom is 0.251 e. The molecule has 2 rings (SSSR count). The predicted molar refractivity (Wildman–Crippen MR) is 71.5 cm³/mol. The minimum Gasteiger partial charge on any atom is -0.344 e. The number of pyridine rings is 1. The molecular weight excluding hydrogens is 267 g/mol. The van der Waals surface area contributed by atoms with Gasteiger partial charge in [-0.05, 0) is 37.3 Å². The molecule has 98 valence electrons. The molecule has 0 spiro atoms. The molecule has 1 atom stereocenters. The summed E-state index contributed by atoms with van der Waals surface area (Å²) in [5.41, 5.74) is 1.07. The van der Waals surface area contributed by atoms with Crippen molar-refractivity contribution in [2.24, 2.45) is 0 Å². The van der Waals surface area contributed by atoms with Crippen LogP contribution in [0.15, 0.2) is 42.6 Å². The highest BCUT2D eigenvalue weighted by molar-refractivity contribution is 6.31. The van der Waals surface area contributed by atoms with Gasteiger partial charge in [-0.25, -0.2) is 4.39 Å². The number of nitrogens with one attached hydrogen (secondary N) is 1. The van der Waals surface area contributed by atoms with Gasteiger partial charge in [0.1, 0.15) is 5.82 Å². The SMILES string of the molecule is C[C@H](NC(=O)c1ccc(F)c(Cl)c1)c1ccccn1. The summed E-state index contributed by atoms with van der Waals surface area (Å²) in [6.07, 6.45) is 1.66. The van der Waals surface area contributed by atoms with Gasteiger partial charge in [-0.2, -0.15) is 0 Å². The summed E-state index contributed by atoms with van der Waals surface area (Å²) < 4.78 is 13.0. The molecule has 0 fully saturated rings. The number of hydrogen-bond acceptors (Lipinski definition) is 2. The van der Waals surface area contributed by atoms with Crippen molar-refractivity contribution < 1.29 is 9.18 Å². The van der Waals surface area contributed by atoms with Gasteiger partial charge in [-0.15, -0.1) is 0 Å². The number of halogens is 2. The molecule has 19 heavy (non-hydrogen) atoms. The quantitative estimate of drug-likeness (QED) is 0.935. The second-order valence-electron chi connectivity index (χ2n) is 4.08. The van der Waals surface area contributed by atoms with Crippen LogP contribution in [0.25, 0.3) is 0 Å². The molecule has 0 aliphatic rings. The molecule has 0 saturated carbocycles. The molecule has 2 aromatic rings. The molecule has 0 bridgehead atoms. The number of rotatable bonds is 3. The number of amides is 1. The van der Waals surface area contributed by atoms with E-state index in [9.17, 15) is 9.18 Å². The molecule has 3 nitrogen and oxygen atoms in total. The van der Waals surface area contributed by atoms with Gasteiger partial charge in [0.15, 0.2) is 0 Å². The first kappa shape index (κ1) is 13.5. The van der Waals surface area contributed by atoms with Crippen LogP contribution in [0, 0.1) is 5.82 Å². The summed E-state index contributed by atoms with van der Waals surface area (Å²) in [5, 5.41) is 2.71. The Balaban J connectivity index is 2.11. The van der Waals surface area contributed by atoms with Crippen molar-refractivity contribution >= 4 is 17.5 Å². The van der Waals surface area contributed by atoms with E-state index in [4.69, 9.17) is 11.6 Å². The fourth-order valence-electron chi connectivity index (χ4n) is 1.62. The lowest BCUT2D eigenvalue weighted by molar-refractivity contribution is 0.0939. The van der Waals surface area contributed by atoms with Gasteiger partial charge >= 0.3 is 0 Å². The first-order valence-electron chi connectivity index (χ1n) is 5.75. The Labute approximate surface area is 115 Å². The van der Waals surface area contributed by atoms with E-state index in [2.05, 4.69) is 10.3 Å². The van der Waals surface area contributed by atoms with Crippen LogP contribution in [-0.4, -0.2) is 10.9 Å². The largest absolute Gasteiger partial charge is 0.344 e. The fraction of sp³-hybridized carbons (Fsp3) is 0.143. The van der Waals surface area contributed by atoms with Gasteiger partial charge in [0.2, 0.25) is 0 Å². The summed E-state index contributed by atoms with van der Waals surface area (Å²) in [7, 11) is 0. The molecule has 1 amide bonds. The molecule has 1 aromatic heterocycles. The zero-order valence-corrected chi connectivity index (χ0v) is 11.0. The molecule has 0 saturated heterocycles. The van der Waals surface area contributed by atoms with Crippen LogP contribution < -0.4 is 5.32 Å². The number of benzene rings is 1. The third-order valence-corrected chi connectivity index (χ3v) is 2.95. The van der Waals surface area contributed by atoms with E-state index >= 15 is 0 Å². The molecule has 0 unspecified atom stereocenters. The zero-order chi connectivity index (χ0) is 13.8. The lowest BCUT2D eigenvalue weighted by atomic mass is 10.1. The van der Waals surface area contributed by atoms with Crippen molar-refractivity contribution in [1.29, 1.82) is 0 Å². The minimum atomic E-state index is -0.545. The highest BCUT2D eigenvalue weighted by atomic mass is 35.5. The number of carbonyl (C=O) groups is 1. The van der Waals surface area contributed by atoms with Crippen molar-refractivity contribution in [3.63, 3.8) is 0 Å². The van der Waals surface area contributed by atoms with Crippen molar-refractivity contribution in [3.05, 3.63) is 64.7 Å². The minimum absolute atomic E-state index is 0.0712. The summed E-state index contributed by atoms with van der Waals surface area (Å²) in [4.78, 5) is 16.1. The van der Waals surface area contributed by atoms with Gasteiger partial charge in [0.25, 0.3) is 5.91 Å². The van der Waals surface area contributed by atoms with Crippen molar-refractivity contribution in [3.8, 4) is 0 Å². The number of aromatic nitrogens is 1. The van der Waals surface area contributed by atoms with Crippen molar-refractivity contribution in [1.82, 2.24) is 10.3 Å². The van der Waals surface area contributed by atoms with E-state index in [1.807, 2.05) is 19.1 Å². The highest BCUT2D eigenvalue weighted by Gasteiger charge is 2.13. The second kappa shape index (κ2) is 5.80. The van der Waals surface area contributed by atoms with E-state index in [-0.39, 0.29) is 17.0 Å². The predicted octanol–water partition coefficient (Wildman–Crippen LogP) is 3.37. The monoisotopic (exact) mass is 278 g/mol. The second-order valence-corrected chi connectivity index (χ2v) is 4.49. The Morgan fingerprint density at radius 1 is 1.37 bits per heavy atom. The maximum absolute atomic E-state index is 13.0. The number of hydrogen-bond donors (Lipinski definition) is 1. The van der Waals surface area contributed by atoms with Crippen LogP contribution in [0.2, 0.25) is 5.02 Å². The Bertz CT molecular complexity index is 589. The maximum atomic E-state index is 13.0. The van der Waals surface area contributed by atoms with E-state index < -0.39 is 5.82 Å². The van der Waals surface area contributed by atoms with Gasteiger partial charge in [-0.3, -0.25) is 9.78 Å². The Kier molecular flexibility index (Phi) is 4.12. The van der Waals surface area contributed by atoms with E-state index in [1.54, 1.807) is 12.3 Å². The van der Waals surface area contributed by atoms with Crippen LogP contribution in [0.1, 0.15) is 29.0 Å². The molecule has 0 aliphatic heterocycles. The number of nitrogens with zero attached hydrogens (tertiary/aromatic N) is 1. The van der Waals surface area contributed by atoms with Crippen molar-refractivity contribution in [2.75, 3.05) is 0 Å². The van der Waals surface area contributed by atoms with E-state index in [0.29, 0.717) is 5.56 Å². The first-order chi connectivity index (χ1) is 9.08. The van der Waals surface area contributed by atoms with E-state index in [1.165, 1.54) is 18.2 Å². The number of carbonyl (C=O) groups excluding carboxylic acids is 1. The average molecular weight is 279 g/mol. The molecule has 1 N–H and O–H groups in total. The lowest BCUT2D eigenvalue weighted by Gasteiger charge is -2.13. The van der Waals surface area contributed by atoms with Crippen molar-refractivity contribution in [2.45, 2.75) is 13.0 Å². The molecule has 5 heteroatoms. The summed E-state index contributed by atoms with van der Waals surface area (Å²) in [6, 6.07) is 9.10. The summed E-state index contributed by atoms with van der Waals surface area (Å²) in [5.74, 6) is -0.865. The Morgan fingerprint density at radius 3 is 2.79 bits per heavy atom. The van der Waals surface area contributed by atoms with Crippen LogP contribution in [0.4, 0.5) is 4.39 Å². The van der Waals surface area contributed by atoms with Crippen LogP contribution >= 0.6 is 11.6 Å². The Morgan fingerprint density at radius 2 is 2.16 bits per heavy atom. The fourth-order valence-corrected chi connectivity index (χ4v) is 1.80. The van der Waals surface area contributed by atoms with Crippen LogP contribution in [0.5, 0.6) is 0 Å². The van der Waals surface area contributed by atoms with E-state index in [0.717, 1.165) is 5.69 Å². The smallest absolute Gasteiger partial charge is 0.251 e. The van der Waals surface area contributed by atoms with Gasteiger partial charge in [0, 0.05) is 11.8 Å². The topological polar surface area (TPSA) is 42.0 Å². The van der Waals surface area contributed by atoms with Crippen LogP contribution in [0.3, 0.4) is 0 Å². The average Bonchev–Trinajstić information content (AvgIpc) is 2.42. The van der Waals surface area contributed by atoms with Gasteiger partial charge < -0.3 is 5.32 Å². The summed E-state index contributed by atoms with van der Waals surface area (Å²) >= 11 is 5.64. The highest BCUT2D eigenvalue weighted by Crippen LogP contribution is 2.17. The van der Waals surface area contributed by atoms with Crippen LogP contribution in [-0.2, 0) is 0 Å². The molecule has 1 aromatic carbocycles. The standard InChI is InChI=1S/C14H12ClFN2O/c1-9(13-4-2-3-7-17-13)18-14(19)10-5-6-12(16)11(15)8-10/h2-9H,1H3,(H,18,19)/t9-/m0/s1. The third-order valence-electron chi connectivity index (χ3n) is 2.66. The van der Waals surface area contributed by atoms with Gasteiger partial charge in [-0.1, -0.05) is 17.7 Å². The molecule has 0 radical (unpaired) electrons. The molecule has 0 aliphatic carbocycles. The first-order valence-corrected chi connectivity index (χ1v) is 6.12. The normalized spacial score (nSPS) is 11.9. The molecule has 1 heterocycles. The summed E-state index contributed by atoms with van der Waals surface area (Å²) in [6.45, 7) is 1.82. The zero-order valence-electron chi connectivity index (χ0n) is 10.2.